The fraction of sp³-hybridized carbons (Fsp3) is 0.222. The van der Waals surface area contributed by atoms with Gasteiger partial charge in [0.2, 0.25) is 0 Å². The number of fused-ring (bicyclic) bond motifs is 1. The third kappa shape index (κ3) is 1.25. The summed E-state index contributed by atoms with van der Waals surface area (Å²) in [5.74, 6) is 0. The molecule has 0 fully saturated rings. The quantitative estimate of drug-likeness (QED) is 0.678. The lowest BCUT2D eigenvalue weighted by molar-refractivity contribution is 0.251. The van der Waals surface area contributed by atoms with E-state index in [1.54, 1.807) is 17.0 Å². The van der Waals surface area contributed by atoms with Crippen LogP contribution in [-0.2, 0) is 0 Å². The fourth-order valence-electron chi connectivity index (χ4n) is 1.39. The minimum atomic E-state index is -0.209. The second kappa shape index (κ2) is 2.92. The lowest BCUT2D eigenvalue weighted by atomic mass is 10.2. The highest BCUT2D eigenvalue weighted by molar-refractivity contribution is 6.31. The average Bonchev–Trinajstić information content (AvgIpc) is 2.39. The van der Waals surface area contributed by atoms with Crippen LogP contribution in [0.1, 0.15) is 6.92 Å². The molecule has 0 saturated carbocycles. The van der Waals surface area contributed by atoms with Crippen molar-refractivity contribution in [2.24, 2.45) is 0 Å². The van der Waals surface area contributed by atoms with Gasteiger partial charge < -0.3 is 0 Å². The second-order valence-corrected chi connectivity index (χ2v) is 3.21. The van der Waals surface area contributed by atoms with Crippen molar-refractivity contribution in [2.45, 2.75) is 6.92 Å². The number of halogens is 1. The summed E-state index contributed by atoms with van der Waals surface area (Å²) < 4.78 is 0. The number of urea groups is 1. The number of carbonyl (C=O) groups is 1. The van der Waals surface area contributed by atoms with Gasteiger partial charge in [0, 0.05) is 11.6 Å². The van der Waals surface area contributed by atoms with E-state index in [9.17, 15) is 4.79 Å². The highest BCUT2D eigenvalue weighted by Crippen LogP contribution is 2.34. The minimum absolute atomic E-state index is 0.209. The van der Waals surface area contributed by atoms with Crippen molar-refractivity contribution in [3.63, 3.8) is 0 Å². The van der Waals surface area contributed by atoms with Gasteiger partial charge in [0.05, 0.1) is 11.4 Å². The van der Waals surface area contributed by atoms with Crippen molar-refractivity contribution in [3.05, 3.63) is 23.2 Å². The molecule has 2 amide bonds. The Labute approximate surface area is 81.3 Å². The first-order valence-electron chi connectivity index (χ1n) is 4.05. The van der Waals surface area contributed by atoms with E-state index < -0.39 is 0 Å². The lowest BCUT2D eigenvalue weighted by Crippen LogP contribution is -2.27. The summed E-state index contributed by atoms with van der Waals surface area (Å²) in [6.07, 6.45) is 0. The first-order chi connectivity index (χ1) is 6.22. The first kappa shape index (κ1) is 8.38. The Hall–Kier alpha value is -1.22. The highest BCUT2D eigenvalue weighted by Gasteiger charge is 2.27. The van der Waals surface area contributed by atoms with E-state index in [1.807, 2.05) is 13.0 Å². The minimum Gasteiger partial charge on any atom is -0.291 e. The van der Waals surface area contributed by atoms with Gasteiger partial charge in [-0.2, -0.15) is 5.32 Å². The van der Waals surface area contributed by atoms with E-state index in [1.165, 1.54) is 0 Å². The largest absolute Gasteiger partial charge is 0.348 e. The van der Waals surface area contributed by atoms with E-state index in [2.05, 4.69) is 5.32 Å². The van der Waals surface area contributed by atoms with Crippen LogP contribution in [0, 0.1) is 0 Å². The summed E-state index contributed by atoms with van der Waals surface area (Å²) in [5.41, 5.74) is 1.51. The molecular formula is C9H8ClN2O. The fourth-order valence-corrected chi connectivity index (χ4v) is 1.55. The maximum atomic E-state index is 11.3. The predicted octanol–water partition coefficient (Wildman–Crippen LogP) is 2.54. The third-order valence-electron chi connectivity index (χ3n) is 1.99. The van der Waals surface area contributed by atoms with E-state index in [0.29, 0.717) is 17.3 Å². The van der Waals surface area contributed by atoms with Gasteiger partial charge >= 0.3 is 6.03 Å². The van der Waals surface area contributed by atoms with Crippen LogP contribution in [0.2, 0.25) is 5.02 Å². The van der Waals surface area contributed by atoms with Crippen LogP contribution in [0.5, 0.6) is 0 Å². The number of nitrogens with zero attached hydrogens (tertiary/aromatic N) is 2. The Kier molecular flexibility index (Phi) is 1.88. The average molecular weight is 196 g/mol. The third-order valence-corrected chi connectivity index (χ3v) is 2.23. The number of amides is 2. The van der Waals surface area contributed by atoms with Crippen LogP contribution >= 0.6 is 11.6 Å². The molecule has 1 aliphatic heterocycles. The number of hydrogen-bond acceptors (Lipinski definition) is 1. The van der Waals surface area contributed by atoms with Gasteiger partial charge in [-0.15, -0.1) is 0 Å². The SMILES string of the molecule is CCN1C(=O)[N]c2cc(Cl)ccc21. The monoisotopic (exact) mass is 195 g/mol. The Morgan fingerprint density at radius 1 is 1.54 bits per heavy atom. The zero-order chi connectivity index (χ0) is 9.42. The van der Waals surface area contributed by atoms with Crippen LogP contribution < -0.4 is 10.2 Å². The van der Waals surface area contributed by atoms with Gasteiger partial charge in [-0.1, -0.05) is 11.6 Å². The van der Waals surface area contributed by atoms with Crippen molar-refractivity contribution in [1.82, 2.24) is 5.32 Å². The van der Waals surface area contributed by atoms with E-state index in [4.69, 9.17) is 11.6 Å². The summed E-state index contributed by atoms with van der Waals surface area (Å²) in [4.78, 5) is 12.9. The van der Waals surface area contributed by atoms with E-state index in [-0.39, 0.29) is 6.03 Å². The van der Waals surface area contributed by atoms with Crippen molar-refractivity contribution in [3.8, 4) is 0 Å². The standard InChI is InChI=1S/C9H8ClN2O/c1-2-12-8-4-3-6(10)5-7(8)11-9(12)13/h3-5H,2H2,1H3. The zero-order valence-corrected chi connectivity index (χ0v) is 7.88. The number of rotatable bonds is 1. The number of hydrogen-bond donors (Lipinski definition) is 0. The van der Waals surface area contributed by atoms with E-state index in [0.717, 1.165) is 5.69 Å². The molecule has 0 aromatic heterocycles. The van der Waals surface area contributed by atoms with Gasteiger partial charge in [-0.05, 0) is 25.1 Å². The molecule has 3 nitrogen and oxygen atoms in total. The molecule has 67 valence electrons. The van der Waals surface area contributed by atoms with Crippen LogP contribution in [0.15, 0.2) is 18.2 Å². The molecule has 0 bridgehead atoms. The molecule has 0 unspecified atom stereocenters. The number of carbonyl (C=O) groups excluding carboxylic acids is 1. The normalized spacial score (nSPS) is 14.3. The molecule has 1 aromatic rings. The van der Waals surface area contributed by atoms with Gasteiger partial charge in [0.25, 0.3) is 0 Å². The van der Waals surface area contributed by atoms with Gasteiger partial charge in [-0.25, -0.2) is 4.79 Å². The second-order valence-electron chi connectivity index (χ2n) is 2.77. The summed E-state index contributed by atoms with van der Waals surface area (Å²) in [7, 11) is 0. The van der Waals surface area contributed by atoms with Crippen LogP contribution in [0.25, 0.3) is 0 Å². The lowest BCUT2D eigenvalue weighted by Gasteiger charge is -2.11. The first-order valence-corrected chi connectivity index (χ1v) is 4.43. The predicted molar refractivity (Wildman–Crippen MR) is 51.7 cm³/mol. The van der Waals surface area contributed by atoms with E-state index >= 15 is 0 Å². The molecule has 2 rings (SSSR count). The smallest absolute Gasteiger partial charge is 0.291 e. The molecule has 13 heavy (non-hydrogen) atoms. The topological polar surface area (TPSA) is 34.4 Å². The Bertz CT molecular complexity index is 365. The van der Waals surface area contributed by atoms with Crippen molar-refractivity contribution < 1.29 is 4.79 Å². The maximum Gasteiger partial charge on any atom is 0.348 e. The number of anilines is 1. The molecule has 1 heterocycles. The molecule has 1 aliphatic rings. The molecule has 1 radical (unpaired) electrons. The summed E-state index contributed by atoms with van der Waals surface area (Å²) >= 11 is 5.77. The van der Waals surface area contributed by atoms with Crippen LogP contribution in [0.3, 0.4) is 0 Å². The molecule has 0 saturated heterocycles. The van der Waals surface area contributed by atoms with Crippen LogP contribution in [0.4, 0.5) is 16.2 Å². The highest BCUT2D eigenvalue weighted by atomic mass is 35.5. The summed E-state index contributed by atoms with van der Waals surface area (Å²) in [5, 5.41) is 4.47. The summed E-state index contributed by atoms with van der Waals surface area (Å²) in [6.45, 7) is 2.55. The molecule has 4 heteroatoms. The van der Waals surface area contributed by atoms with Gasteiger partial charge in [0.15, 0.2) is 0 Å². The van der Waals surface area contributed by atoms with Crippen molar-refractivity contribution in [1.29, 1.82) is 0 Å². The Balaban J connectivity index is 2.48. The molecule has 0 aliphatic carbocycles. The Morgan fingerprint density at radius 3 is 3.00 bits per heavy atom. The number of benzene rings is 1. The van der Waals surface area contributed by atoms with Crippen molar-refractivity contribution in [2.75, 3.05) is 11.4 Å². The molecular weight excluding hydrogens is 188 g/mol. The van der Waals surface area contributed by atoms with Crippen molar-refractivity contribution >= 4 is 29.0 Å². The van der Waals surface area contributed by atoms with Gasteiger partial charge in [0.1, 0.15) is 0 Å². The van der Waals surface area contributed by atoms with Crippen LogP contribution in [-0.4, -0.2) is 12.6 Å². The molecule has 0 spiro atoms. The maximum absolute atomic E-state index is 11.3. The zero-order valence-electron chi connectivity index (χ0n) is 7.12. The van der Waals surface area contributed by atoms with Gasteiger partial charge in [-0.3, -0.25) is 4.90 Å². The Morgan fingerprint density at radius 2 is 2.31 bits per heavy atom. The molecule has 1 aromatic carbocycles. The molecule has 0 atom stereocenters. The summed E-state index contributed by atoms with van der Waals surface area (Å²) in [6, 6.07) is 5.07. The molecule has 0 N–H and O–H groups in total.